The Bertz CT molecular complexity index is 851. The van der Waals surface area contributed by atoms with Crippen LogP contribution in [0, 0.1) is 0 Å². The Morgan fingerprint density at radius 3 is 2.60 bits per heavy atom. The third-order valence-corrected chi connectivity index (χ3v) is 8.11. The fourth-order valence-electron chi connectivity index (χ4n) is 3.57. The molecule has 1 unspecified atom stereocenters. The highest BCUT2D eigenvalue weighted by atomic mass is 32.2. The molecule has 1 aromatic carbocycles. The zero-order valence-electron chi connectivity index (χ0n) is 14.5. The van der Waals surface area contributed by atoms with Gasteiger partial charge in [0.2, 0.25) is 20.0 Å². The van der Waals surface area contributed by atoms with E-state index in [0.29, 0.717) is 26.1 Å². The van der Waals surface area contributed by atoms with Crippen LogP contribution >= 0.6 is 0 Å². The molecule has 2 heterocycles. The van der Waals surface area contributed by atoms with E-state index in [4.69, 9.17) is 4.74 Å². The first kappa shape index (κ1) is 18.8. The third kappa shape index (κ3) is 3.75. The van der Waals surface area contributed by atoms with Gasteiger partial charge in [0.15, 0.2) is 0 Å². The lowest BCUT2D eigenvalue weighted by molar-refractivity contribution is 0.149. The predicted molar refractivity (Wildman–Crippen MR) is 94.2 cm³/mol. The summed E-state index contributed by atoms with van der Waals surface area (Å²) in [7, 11) is -5.33. The van der Waals surface area contributed by atoms with Gasteiger partial charge in [-0.1, -0.05) is 6.07 Å². The lowest BCUT2D eigenvalue weighted by Crippen LogP contribution is -2.38. The Labute approximate surface area is 149 Å². The van der Waals surface area contributed by atoms with Crippen molar-refractivity contribution >= 4 is 20.0 Å². The minimum Gasteiger partial charge on any atom is -0.383 e. The van der Waals surface area contributed by atoms with E-state index in [0.717, 1.165) is 24.0 Å². The Morgan fingerprint density at radius 2 is 1.92 bits per heavy atom. The summed E-state index contributed by atoms with van der Waals surface area (Å²) < 4.78 is 57.7. The minimum atomic E-state index is -3.61. The maximum absolute atomic E-state index is 13.0. The van der Waals surface area contributed by atoms with Gasteiger partial charge in [-0.3, -0.25) is 0 Å². The second-order valence-corrected chi connectivity index (χ2v) is 10.5. The first-order valence-electron chi connectivity index (χ1n) is 8.31. The van der Waals surface area contributed by atoms with Crippen LogP contribution in [0.15, 0.2) is 23.1 Å². The molecule has 0 spiro atoms. The highest BCUT2D eigenvalue weighted by molar-refractivity contribution is 7.89. The van der Waals surface area contributed by atoms with Crippen LogP contribution in [-0.2, 0) is 37.7 Å². The van der Waals surface area contributed by atoms with Gasteiger partial charge in [0.05, 0.1) is 17.8 Å². The summed E-state index contributed by atoms with van der Waals surface area (Å²) in [4.78, 5) is 0.226. The molecule has 0 N–H and O–H groups in total. The molecular formula is C16H24N2O5S2. The highest BCUT2D eigenvalue weighted by Crippen LogP contribution is 2.29. The van der Waals surface area contributed by atoms with Gasteiger partial charge in [-0.05, 0) is 42.5 Å². The van der Waals surface area contributed by atoms with Crippen molar-refractivity contribution in [2.24, 2.45) is 0 Å². The van der Waals surface area contributed by atoms with Gasteiger partial charge in [-0.15, -0.1) is 0 Å². The highest BCUT2D eigenvalue weighted by Gasteiger charge is 2.36. The number of hydrogen-bond acceptors (Lipinski definition) is 5. The van der Waals surface area contributed by atoms with Crippen molar-refractivity contribution in [3.8, 4) is 0 Å². The summed E-state index contributed by atoms with van der Waals surface area (Å²) in [6.45, 7) is 1.52. The van der Waals surface area contributed by atoms with Crippen molar-refractivity contribution in [3.63, 3.8) is 0 Å². The molecule has 1 aromatic rings. The van der Waals surface area contributed by atoms with Gasteiger partial charge in [-0.2, -0.15) is 8.61 Å². The number of rotatable bonds is 5. The lowest BCUT2D eigenvalue weighted by atomic mass is 10.0. The van der Waals surface area contributed by atoms with E-state index in [1.165, 1.54) is 14.9 Å². The largest absolute Gasteiger partial charge is 0.383 e. The number of nitrogens with zero attached hydrogens (tertiary/aromatic N) is 2. The van der Waals surface area contributed by atoms with Crippen LogP contribution in [0.5, 0.6) is 0 Å². The Morgan fingerprint density at radius 1 is 1.16 bits per heavy atom. The average molecular weight is 389 g/mol. The second-order valence-electron chi connectivity index (χ2n) is 6.64. The first-order chi connectivity index (χ1) is 11.7. The molecule has 0 aromatic heterocycles. The van der Waals surface area contributed by atoms with Crippen molar-refractivity contribution < 1.29 is 21.6 Å². The van der Waals surface area contributed by atoms with E-state index in [9.17, 15) is 16.8 Å². The van der Waals surface area contributed by atoms with E-state index in [1.807, 2.05) is 6.07 Å². The molecule has 0 bridgehead atoms. The zero-order chi connectivity index (χ0) is 18.2. The van der Waals surface area contributed by atoms with Gasteiger partial charge >= 0.3 is 0 Å². The summed E-state index contributed by atoms with van der Waals surface area (Å²) in [6, 6.07) is 4.93. The third-order valence-electron chi connectivity index (χ3n) is 4.91. The van der Waals surface area contributed by atoms with E-state index in [1.54, 1.807) is 19.2 Å². The molecule has 0 amide bonds. The van der Waals surface area contributed by atoms with E-state index < -0.39 is 20.0 Å². The van der Waals surface area contributed by atoms with Crippen LogP contribution in [0.1, 0.15) is 24.0 Å². The number of methoxy groups -OCH3 is 1. The number of fused-ring (bicyclic) bond motifs is 1. The fraction of sp³-hybridized carbons (Fsp3) is 0.625. The maximum Gasteiger partial charge on any atom is 0.243 e. The molecule has 2 aliphatic heterocycles. The zero-order valence-corrected chi connectivity index (χ0v) is 16.1. The van der Waals surface area contributed by atoms with E-state index in [-0.39, 0.29) is 17.5 Å². The van der Waals surface area contributed by atoms with Gasteiger partial charge in [0.25, 0.3) is 0 Å². The number of hydrogen-bond donors (Lipinski definition) is 0. The van der Waals surface area contributed by atoms with Crippen molar-refractivity contribution in [2.75, 3.05) is 33.1 Å². The topological polar surface area (TPSA) is 84.0 Å². The van der Waals surface area contributed by atoms with Crippen LogP contribution in [0.4, 0.5) is 0 Å². The number of ether oxygens (including phenoxy) is 1. The van der Waals surface area contributed by atoms with Crippen LogP contribution in [0.25, 0.3) is 0 Å². The molecule has 3 rings (SSSR count). The summed E-state index contributed by atoms with van der Waals surface area (Å²) in [5.41, 5.74) is 1.77. The van der Waals surface area contributed by atoms with Crippen molar-refractivity contribution in [3.05, 3.63) is 29.3 Å². The monoisotopic (exact) mass is 388 g/mol. The van der Waals surface area contributed by atoms with Crippen LogP contribution in [0.3, 0.4) is 0 Å². The van der Waals surface area contributed by atoms with Gasteiger partial charge in [0.1, 0.15) is 0 Å². The van der Waals surface area contributed by atoms with Crippen molar-refractivity contribution in [1.29, 1.82) is 0 Å². The van der Waals surface area contributed by atoms with Crippen LogP contribution in [0.2, 0.25) is 0 Å². The Balaban J connectivity index is 1.91. The standard InChI is InChI=1S/C16H24N2O5S2/c1-23-12-15-4-3-8-18(15)25(21,22)16-6-5-13-7-9-17(24(2,19)20)11-14(13)10-16/h5-6,10,15H,3-4,7-9,11-12H2,1-2H3. The summed E-state index contributed by atoms with van der Waals surface area (Å²) in [5.74, 6) is 0. The van der Waals surface area contributed by atoms with Gasteiger partial charge < -0.3 is 4.74 Å². The molecule has 1 atom stereocenters. The molecule has 7 nitrogen and oxygen atoms in total. The normalized spacial score (nSPS) is 22.9. The summed E-state index contributed by atoms with van der Waals surface area (Å²) in [5, 5.41) is 0. The smallest absolute Gasteiger partial charge is 0.243 e. The van der Waals surface area contributed by atoms with Crippen molar-refractivity contribution in [1.82, 2.24) is 8.61 Å². The van der Waals surface area contributed by atoms with Crippen molar-refractivity contribution in [2.45, 2.75) is 36.7 Å². The molecule has 9 heteroatoms. The average Bonchev–Trinajstić information content (AvgIpc) is 3.02. The van der Waals surface area contributed by atoms with Gasteiger partial charge in [-0.25, -0.2) is 16.8 Å². The number of sulfonamides is 2. The molecule has 2 aliphatic rings. The van der Waals surface area contributed by atoms with E-state index >= 15 is 0 Å². The Hall–Kier alpha value is -1.00. The first-order valence-corrected chi connectivity index (χ1v) is 11.6. The second kappa shape index (κ2) is 6.96. The molecular weight excluding hydrogens is 364 g/mol. The maximum atomic E-state index is 13.0. The molecule has 0 saturated carbocycles. The van der Waals surface area contributed by atoms with E-state index in [2.05, 4.69) is 0 Å². The minimum absolute atomic E-state index is 0.140. The summed E-state index contributed by atoms with van der Waals surface area (Å²) >= 11 is 0. The molecule has 25 heavy (non-hydrogen) atoms. The number of benzene rings is 1. The van der Waals surface area contributed by atoms with Crippen LogP contribution in [-0.4, -0.2) is 64.5 Å². The summed E-state index contributed by atoms with van der Waals surface area (Å²) in [6.07, 6.45) is 3.39. The SMILES string of the molecule is COCC1CCCN1S(=O)(=O)c1ccc2c(c1)CN(S(C)(=O)=O)CC2. The molecule has 0 radical (unpaired) electrons. The molecule has 0 aliphatic carbocycles. The quantitative estimate of drug-likeness (QED) is 0.745. The molecule has 1 saturated heterocycles. The lowest BCUT2D eigenvalue weighted by Gasteiger charge is -2.28. The Kier molecular flexibility index (Phi) is 5.23. The fourth-order valence-corrected chi connectivity index (χ4v) is 6.10. The molecule has 1 fully saturated rings. The van der Waals surface area contributed by atoms with Gasteiger partial charge in [0, 0.05) is 32.8 Å². The molecule has 140 valence electrons. The predicted octanol–water partition coefficient (Wildman–Crippen LogP) is 0.804. The van der Waals surface area contributed by atoms with Crippen LogP contribution < -0.4 is 0 Å².